The molecule has 0 unspecified atom stereocenters. The zero-order valence-electron chi connectivity index (χ0n) is 12.3. The molecule has 0 saturated heterocycles. The van der Waals surface area contributed by atoms with Crippen LogP contribution in [-0.2, 0) is 9.53 Å². The van der Waals surface area contributed by atoms with Crippen molar-refractivity contribution >= 4 is 5.91 Å². The van der Waals surface area contributed by atoms with Crippen molar-refractivity contribution in [3.05, 3.63) is 0 Å². The van der Waals surface area contributed by atoms with Crippen molar-refractivity contribution in [2.75, 3.05) is 46.9 Å². The molecule has 0 aliphatic heterocycles. The minimum absolute atomic E-state index is 0.187. The van der Waals surface area contributed by atoms with E-state index < -0.39 is 0 Å². The third kappa shape index (κ3) is 7.63. The largest absolute Gasteiger partial charge is 0.383 e. The molecule has 0 aliphatic rings. The molecule has 0 heterocycles. The van der Waals surface area contributed by atoms with E-state index in [0.29, 0.717) is 25.6 Å². The van der Waals surface area contributed by atoms with Crippen LogP contribution in [0.4, 0.5) is 0 Å². The van der Waals surface area contributed by atoms with Crippen molar-refractivity contribution in [1.82, 2.24) is 9.80 Å². The SMILES string of the molecule is COCCN(CCC(=O)N(C)CCCN)C(C)C. The molecule has 0 aromatic heterocycles. The fraction of sp³-hybridized carbons (Fsp3) is 0.923. The molecule has 0 bridgehead atoms. The van der Waals surface area contributed by atoms with Gasteiger partial charge >= 0.3 is 0 Å². The number of nitrogens with two attached hydrogens (primary N) is 1. The highest BCUT2D eigenvalue weighted by molar-refractivity contribution is 5.76. The summed E-state index contributed by atoms with van der Waals surface area (Å²) in [5.41, 5.74) is 5.43. The van der Waals surface area contributed by atoms with Gasteiger partial charge in [0.2, 0.25) is 5.91 Å². The normalized spacial score (nSPS) is 11.3. The second-order valence-electron chi connectivity index (χ2n) is 4.83. The number of ether oxygens (including phenoxy) is 1. The minimum atomic E-state index is 0.187. The number of rotatable bonds is 10. The van der Waals surface area contributed by atoms with Gasteiger partial charge in [-0.2, -0.15) is 0 Å². The maximum atomic E-state index is 11.9. The van der Waals surface area contributed by atoms with E-state index in [1.165, 1.54) is 0 Å². The van der Waals surface area contributed by atoms with Gasteiger partial charge < -0.3 is 15.4 Å². The molecule has 0 aliphatic carbocycles. The predicted molar refractivity (Wildman–Crippen MR) is 74.5 cm³/mol. The van der Waals surface area contributed by atoms with Crippen LogP contribution >= 0.6 is 0 Å². The lowest BCUT2D eigenvalue weighted by Crippen LogP contribution is -2.38. The van der Waals surface area contributed by atoms with E-state index in [2.05, 4.69) is 18.7 Å². The van der Waals surface area contributed by atoms with E-state index >= 15 is 0 Å². The molecule has 1 amide bonds. The van der Waals surface area contributed by atoms with Gasteiger partial charge in [-0.1, -0.05) is 0 Å². The van der Waals surface area contributed by atoms with Gasteiger partial charge in [0.15, 0.2) is 0 Å². The summed E-state index contributed by atoms with van der Waals surface area (Å²) in [6, 6.07) is 0.433. The van der Waals surface area contributed by atoms with Crippen LogP contribution < -0.4 is 5.73 Å². The highest BCUT2D eigenvalue weighted by atomic mass is 16.5. The molecule has 2 N–H and O–H groups in total. The molecule has 0 atom stereocenters. The number of nitrogens with zero attached hydrogens (tertiary/aromatic N) is 2. The fourth-order valence-electron chi connectivity index (χ4n) is 1.72. The smallest absolute Gasteiger partial charge is 0.223 e. The number of amides is 1. The van der Waals surface area contributed by atoms with Gasteiger partial charge in [-0.15, -0.1) is 0 Å². The first kappa shape index (κ1) is 17.4. The third-order valence-electron chi connectivity index (χ3n) is 3.05. The summed E-state index contributed by atoms with van der Waals surface area (Å²) in [6.07, 6.45) is 1.42. The van der Waals surface area contributed by atoms with Gasteiger partial charge in [-0.3, -0.25) is 9.69 Å². The Morgan fingerprint density at radius 1 is 1.28 bits per heavy atom. The summed E-state index contributed by atoms with van der Waals surface area (Å²) in [4.78, 5) is 15.9. The molecule has 5 nitrogen and oxygen atoms in total. The first-order valence-corrected chi connectivity index (χ1v) is 6.70. The van der Waals surface area contributed by atoms with E-state index in [0.717, 1.165) is 26.1 Å². The summed E-state index contributed by atoms with van der Waals surface area (Å²) in [5, 5.41) is 0. The lowest BCUT2D eigenvalue weighted by atomic mass is 10.2. The van der Waals surface area contributed by atoms with Gasteiger partial charge in [0.25, 0.3) is 0 Å². The molecule has 108 valence electrons. The molecule has 0 radical (unpaired) electrons. The third-order valence-corrected chi connectivity index (χ3v) is 3.05. The summed E-state index contributed by atoms with van der Waals surface area (Å²) in [7, 11) is 3.54. The van der Waals surface area contributed by atoms with E-state index in [1.54, 1.807) is 12.0 Å². The quantitative estimate of drug-likeness (QED) is 0.622. The van der Waals surface area contributed by atoms with Gasteiger partial charge in [0.1, 0.15) is 0 Å². The van der Waals surface area contributed by atoms with Gasteiger partial charge in [-0.25, -0.2) is 0 Å². The van der Waals surface area contributed by atoms with Crippen molar-refractivity contribution in [1.29, 1.82) is 0 Å². The summed E-state index contributed by atoms with van der Waals surface area (Å²) < 4.78 is 5.08. The van der Waals surface area contributed by atoms with Gasteiger partial charge in [0, 0.05) is 46.3 Å². The van der Waals surface area contributed by atoms with Crippen LogP contribution in [0, 0.1) is 0 Å². The Labute approximate surface area is 111 Å². The average Bonchev–Trinajstić information content (AvgIpc) is 2.35. The van der Waals surface area contributed by atoms with Crippen LogP contribution in [0.25, 0.3) is 0 Å². The Bertz CT molecular complexity index is 222. The average molecular weight is 259 g/mol. The summed E-state index contributed by atoms with van der Waals surface area (Å²) >= 11 is 0. The zero-order valence-corrected chi connectivity index (χ0v) is 12.3. The molecule has 0 aromatic rings. The molecular formula is C13H29N3O2. The first-order chi connectivity index (χ1) is 8.52. The monoisotopic (exact) mass is 259 g/mol. The molecule has 0 rings (SSSR count). The number of methoxy groups -OCH3 is 1. The van der Waals surface area contributed by atoms with Crippen LogP contribution in [-0.4, -0.2) is 68.7 Å². The van der Waals surface area contributed by atoms with Crippen molar-refractivity contribution < 1.29 is 9.53 Å². The maximum absolute atomic E-state index is 11.9. The summed E-state index contributed by atoms with van der Waals surface area (Å²) in [6.45, 7) is 8.01. The topological polar surface area (TPSA) is 58.8 Å². The summed E-state index contributed by atoms with van der Waals surface area (Å²) in [5.74, 6) is 0.187. The highest BCUT2D eigenvalue weighted by Gasteiger charge is 2.13. The molecule has 18 heavy (non-hydrogen) atoms. The van der Waals surface area contributed by atoms with Gasteiger partial charge in [0.05, 0.1) is 6.61 Å². The molecule has 0 aromatic carbocycles. The molecule has 0 saturated carbocycles. The number of carbonyl (C=O) groups excluding carboxylic acids is 1. The Hall–Kier alpha value is -0.650. The second kappa shape index (κ2) is 10.3. The highest BCUT2D eigenvalue weighted by Crippen LogP contribution is 2.01. The second-order valence-corrected chi connectivity index (χ2v) is 4.83. The first-order valence-electron chi connectivity index (χ1n) is 6.70. The Morgan fingerprint density at radius 3 is 2.44 bits per heavy atom. The van der Waals surface area contributed by atoms with Crippen molar-refractivity contribution in [2.45, 2.75) is 32.7 Å². The van der Waals surface area contributed by atoms with Crippen LogP contribution in [0.2, 0.25) is 0 Å². The van der Waals surface area contributed by atoms with Crippen molar-refractivity contribution in [2.24, 2.45) is 5.73 Å². The van der Waals surface area contributed by atoms with Crippen molar-refractivity contribution in [3.8, 4) is 0 Å². The minimum Gasteiger partial charge on any atom is -0.383 e. The molecule has 5 heteroatoms. The standard InChI is InChI=1S/C13H29N3O2/c1-12(2)16(10-11-18-4)9-6-13(17)15(3)8-5-7-14/h12H,5-11,14H2,1-4H3. The van der Waals surface area contributed by atoms with E-state index in [9.17, 15) is 4.79 Å². The maximum Gasteiger partial charge on any atom is 0.223 e. The van der Waals surface area contributed by atoms with Crippen LogP contribution in [0.1, 0.15) is 26.7 Å². The Balaban J connectivity index is 3.98. The molecule has 0 fully saturated rings. The number of hydrogen-bond acceptors (Lipinski definition) is 4. The van der Waals surface area contributed by atoms with E-state index in [1.807, 2.05) is 7.05 Å². The predicted octanol–water partition coefficient (Wildman–Crippen LogP) is 0.541. The lowest BCUT2D eigenvalue weighted by molar-refractivity contribution is -0.130. The number of carbonyl (C=O) groups is 1. The van der Waals surface area contributed by atoms with Crippen LogP contribution in [0.5, 0.6) is 0 Å². The van der Waals surface area contributed by atoms with Crippen LogP contribution in [0.3, 0.4) is 0 Å². The number of hydrogen-bond donors (Lipinski definition) is 1. The van der Waals surface area contributed by atoms with Crippen LogP contribution in [0.15, 0.2) is 0 Å². The van der Waals surface area contributed by atoms with E-state index in [-0.39, 0.29) is 5.91 Å². The Morgan fingerprint density at radius 2 is 1.94 bits per heavy atom. The molecular weight excluding hydrogens is 230 g/mol. The Kier molecular flexibility index (Phi) is 9.92. The zero-order chi connectivity index (χ0) is 14.0. The van der Waals surface area contributed by atoms with Gasteiger partial charge in [-0.05, 0) is 26.8 Å². The lowest BCUT2D eigenvalue weighted by Gasteiger charge is -2.26. The molecule has 0 spiro atoms. The van der Waals surface area contributed by atoms with Crippen molar-refractivity contribution in [3.63, 3.8) is 0 Å². The van der Waals surface area contributed by atoms with E-state index in [4.69, 9.17) is 10.5 Å². The fourth-order valence-corrected chi connectivity index (χ4v) is 1.72.